The van der Waals surface area contributed by atoms with Crippen LogP contribution < -0.4 is 0 Å². The third kappa shape index (κ3) is 21.8. The van der Waals surface area contributed by atoms with Gasteiger partial charge in [-0.05, 0) is 59.3 Å². The van der Waals surface area contributed by atoms with Crippen LogP contribution in [0.1, 0.15) is 150 Å². The van der Waals surface area contributed by atoms with E-state index in [2.05, 4.69) is 19.1 Å². The van der Waals surface area contributed by atoms with E-state index in [0.717, 1.165) is 32.1 Å². The molecule has 0 aliphatic rings. The minimum atomic E-state index is -0.933. The second kappa shape index (κ2) is 25.6. The molecule has 0 rings (SSSR count). The van der Waals surface area contributed by atoms with E-state index in [9.17, 15) is 29.7 Å². The molecule has 0 saturated heterocycles. The van der Waals surface area contributed by atoms with E-state index >= 15 is 0 Å². The number of carbonyl (C=O) groups is 3. The maximum Gasteiger partial charge on any atom is 0.311 e. The zero-order valence-corrected chi connectivity index (χ0v) is 27.7. The van der Waals surface area contributed by atoms with Crippen molar-refractivity contribution in [2.75, 3.05) is 26.2 Å². The third-order valence-corrected chi connectivity index (χ3v) is 8.64. The lowest BCUT2D eigenvalue weighted by atomic mass is 10.0. The van der Waals surface area contributed by atoms with Crippen molar-refractivity contribution < 1.29 is 34.2 Å². The summed E-state index contributed by atoms with van der Waals surface area (Å²) in [7, 11) is 0. The summed E-state index contributed by atoms with van der Waals surface area (Å²) in [5, 5.41) is 28.6. The first-order valence-corrected chi connectivity index (χ1v) is 17.2. The Hall–Kier alpha value is -1.89. The van der Waals surface area contributed by atoms with Crippen molar-refractivity contribution in [3.05, 3.63) is 12.2 Å². The molecule has 0 fully saturated rings. The Kier molecular flexibility index (Phi) is 24.4. The molecule has 42 heavy (non-hydrogen) atoms. The average Bonchev–Trinajstić information content (AvgIpc) is 2.93. The number of unbranched alkanes of at least 4 members (excludes halogenated alkanes) is 17. The van der Waals surface area contributed by atoms with Gasteiger partial charge in [-0.3, -0.25) is 14.4 Å². The third-order valence-electron chi connectivity index (χ3n) is 8.64. The smallest absolute Gasteiger partial charge is 0.311 e. The van der Waals surface area contributed by atoms with Crippen LogP contribution in [0, 0.1) is 17.8 Å². The van der Waals surface area contributed by atoms with Gasteiger partial charge in [0.25, 0.3) is 0 Å². The fourth-order valence-electron chi connectivity index (χ4n) is 6.05. The van der Waals surface area contributed by atoms with Crippen molar-refractivity contribution in [1.29, 1.82) is 0 Å². The summed E-state index contributed by atoms with van der Waals surface area (Å²) in [6.07, 6.45) is 28.6. The van der Waals surface area contributed by atoms with Crippen LogP contribution >= 0.6 is 0 Å². The maximum atomic E-state index is 11.6. The van der Waals surface area contributed by atoms with Crippen LogP contribution in [0.5, 0.6) is 0 Å². The largest absolute Gasteiger partial charge is 0.481 e. The summed E-state index contributed by atoms with van der Waals surface area (Å²) in [6.45, 7) is 8.49. The van der Waals surface area contributed by atoms with Gasteiger partial charge in [0, 0.05) is 0 Å². The van der Waals surface area contributed by atoms with Gasteiger partial charge in [0.2, 0.25) is 0 Å². The van der Waals surface area contributed by atoms with Crippen molar-refractivity contribution in [1.82, 2.24) is 0 Å². The SMILES string of the molecule is CCCCCCCCCCCC/C=C/CCCCCCCCC[N+](CC(C)C(=O)O)(CC(C)C(=O)O)CC(C)C(=O)O. The maximum absolute atomic E-state index is 11.6. The summed E-state index contributed by atoms with van der Waals surface area (Å²) >= 11 is 0. The fourth-order valence-corrected chi connectivity index (χ4v) is 6.05. The van der Waals surface area contributed by atoms with Gasteiger partial charge in [0.15, 0.2) is 0 Å². The van der Waals surface area contributed by atoms with E-state index in [1.807, 2.05) is 0 Å². The molecule has 0 spiro atoms. The molecule has 3 unspecified atom stereocenters. The van der Waals surface area contributed by atoms with Gasteiger partial charge in [-0.2, -0.15) is 0 Å². The van der Waals surface area contributed by atoms with E-state index in [0.29, 0.717) is 6.54 Å². The summed E-state index contributed by atoms with van der Waals surface area (Å²) in [5.41, 5.74) is 0. The zero-order chi connectivity index (χ0) is 31.6. The van der Waals surface area contributed by atoms with Crippen molar-refractivity contribution in [3.8, 4) is 0 Å². The van der Waals surface area contributed by atoms with Gasteiger partial charge in [-0.1, -0.05) is 103 Å². The van der Waals surface area contributed by atoms with Gasteiger partial charge in [-0.25, -0.2) is 0 Å². The Labute approximate surface area is 257 Å². The Bertz CT molecular complexity index is 682. The minimum Gasteiger partial charge on any atom is -0.481 e. The Morgan fingerprint density at radius 1 is 0.500 bits per heavy atom. The van der Waals surface area contributed by atoms with Gasteiger partial charge in [0.1, 0.15) is 17.8 Å². The monoisotopic (exact) mass is 596 g/mol. The van der Waals surface area contributed by atoms with Crippen LogP contribution in [0.15, 0.2) is 12.2 Å². The number of hydrogen-bond acceptors (Lipinski definition) is 3. The first kappa shape index (κ1) is 40.1. The number of aliphatic carboxylic acids is 3. The molecule has 0 radical (unpaired) electrons. The van der Waals surface area contributed by atoms with E-state index in [1.54, 1.807) is 20.8 Å². The van der Waals surface area contributed by atoms with Crippen LogP contribution in [0.3, 0.4) is 0 Å². The highest BCUT2D eigenvalue weighted by atomic mass is 16.4. The van der Waals surface area contributed by atoms with E-state index in [4.69, 9.17) is 0 Å². The lowest BCUT2D eigenvalue weighted by Gasteiger charge is -2.42. The van der Waals surface area contributed by atoms with Crippen molar-refractivity contribution in [3.63, 3.8) is 0 Å². The minimum absolute atomic E-state index is 0.222. The number of nitrogens with zero attached hydrogens (tertiary/aromatic N) is 1. The molecule has 0 heterocycles. The Morgan fingerprint density at radius 2 is 0.786 bits per heavy atom. The molecule has 246 valence electrons. The molecule has 0 aromatic carbocycles. The Balaban J connectivity index is 4.22. The normalized spacial score (nSPS) is 15.3. The van der Waals surface area contributed by atoms with Crippen LogP contribution in [0.25, 0.3) is 0 Å². The molecule has 0 aliphatic heterocycles. The molecule has 7 nitrogen and oxygen atoms in total. The summed E-state index contributed by atoms with van der Waals surface area (Å²) < 4.78 is 0.222. The van der Waals surface area contributed by atoms with Crippen LogP contribution in [0.4, 0.5) is 0 Å². The fraction of sp³-hybridized carbons (Fsp3) is 0.857. The molecule has 0 aliphatic carbocycles. The molecule has 3 N–H and O–H groups in total. The summed E-state index contributed by atoms with van der Waals surface area (Å²) in [4.78, 5) is 34.9. The molecule has 0 saturated carbocycles. The topological polar surface area (TPSA) is 112 Å². The van der Waals surface area contributed by atoms with Gasteiger partial charge in [0.05, 0.1) is 26.2 Å². The second-order valence-corrected chi connectivity index (χ2v) is 13.0. The van der Waals surface area contributed by atoms with Crippen LogP contribution in [0.2, 0.25) is 0 Å². The second-order valence-electron chi connectivity index (χ2n) is 13.0. The number of hydrogen-bond donors (Lipinski definition) is 3. The Morgan fingerprint density at radius 3 is 1.10 bits per heavy atom. The molecule has 3 atom stereocenters. The van der Waals surface area contributed by atoms with Crippen molar-refractivity contribution in [2.24, 2.45) is 17.8 Å². The highest BCUT2D eigenvalue weighted by molar-refractivity contribution is 5.70. The quantitative estimate of drug-likeness (QED) is 0.0433. The standard InChI is InChI=1S/C35H65NO6/c1-5-6-7-8-9-10-11-12-13-14-15-16-17-18-19-20-21-22-23-24-25-26-36(27-30(2)33(37)38,28-31(3)34(39)40)29-32(4)35(41)42/h16-17,30-32H,5-15,18-29H2,1-4H3,(H2-,37,38,39,40,41,42)/p+1/b17-16+. The lowest BCUT2D eigenvalue weighted by Crippen LogP contribution is -2.57. The van der Waals surface area contributed by atoms with E-state index in [1.165, 1.54) is 89.9 Å². The number of rotatable bonds is 30. The van der Waals surface area contributed by atoms with Crippen molar-refractivity contribution in [2.45, 2.75) is 150 Å². The molecule has 0 amide bonds. The predicted molar refractivity (Wildman–Crippen MR) is 173 cm³/mol. The summed E-state index contributed by atoms with van der Waals surface area (Å²) in [6, 6.07) is 0. The van der Waals surface area contributed by atoms with Gasteiger partial charge < -0.3 is 19.8 Å². The van der Waals surface area contributed by atoms with E-state index in [-0.39, 0.29) is 24.1 Å². The lowest BCUT2D eigenvalue weighted by molar-refractivity contribution is -0.934. The first-order valence-electron chi connectivity index (χ1n) is 17.2. The first-order chi connectivity index (χ1) is 20.0. The molecular weight excluding hydrogens is 530 g/mol. The average molecular weight is 597 g/mol. The van der Waals surface area contributed by atoms with E-state index < -0.39 is 35.7 Å². The van der Waals surface area contributed by atoms with Gasteiger partial charge in [-0.15, -0.1) is 0 Å². The number of carboxylic acid groups (broad SMARTS) is 3. The molecule has 7 heteroatoms. The molecule has 0 bridgehead atoms. The summed E-state index contributed by atoms with van der Waals surface area (Å²) in [5.74, 6) is -4.81. The van der Waals surface area contributed by atoms with Crippen molar-refractivity contribution >= 4 is 17.9 Å². The molecular formula is C35H66NO6+. The van der Waals surface area contributed by atoms with Gasteiger partial charge >= 0.3 is 17.9 Å². The zero-order valence-electron chi connectivity index (χ0n) is 27.7. The van der Waals surface area contributed by atoms with Crippen LogP contribution in [-0.2, 0) is 14.4 Å². The number of quaternary nitrogens is 1. The molecule has 0 aromatic heterocycles. The highest BCUT2D eigenvalue weighted by Gasteiger charge is 2.38. The predicted octanol–water partition coefficient (Wildman–Crippen LogP) is 8.95. The number of allylic oxidation sites excluding steroid dienone is 2. The molecule has 0 aromatic rings. The highest BCUT2D eigenvalue weighted by Crippen LogP contribution is 2.22. The van der Waals surface area contributed by atoms with Crippen LogP contribution in [-0.4, -0.2) is 63.9 Å². The number of carboxylic acids is 3.